The highest BCUT2D eigenvalue weighted by Gasteiger charge is 2.12. The van der Waals surface area contributed by atoms with Gasteiger partial charge < -0.3 is 0 Å². The van der Waals surface area contributed by atoms with Crippen LogP contribution in [0.4, 0.5) is 0 Å². The third-order valence-corrected chi connectivity index (χ3v) is 3.37. The molecule has 1 atom stereocenters. The first-order chi connectivity index (χ1) is 7.33. The van der Waals surface area contributed by atoms with E-state index in [9.17, 15) is 0 Å². The first kappa shape index (κ1) is 12.6. The maximum Gasteiger partial charge on any atom is 0.0471 e. The predicted octanol–water partition coefficient (Wildman–Crippen LogP) is 3.10. The molecule has 1 aromatic carbocycles. The summed E-state index contributed by atoms with van der Waals surface area (Å²) in [6.07, 6.45) is 5.62. The fourth-order valence-electron chi connectivity index (χ4n) is 1.69. The van der Waals surface area contributed by atoms with Crippen LogP contribution >= 0.6 is 11.8 Å². The molecule has 3 heteroatoms. The fourth-order valence-corrected chi connectivity index (χ4v) is 2.35. The molecule has 0 amide bonds. The van der Waals surface area contributed by atoms with E-state index in [0.29, 0.717) is 0 Å². The smallest absolute Gasteiger partial charge is 0.0471 e. The van der Waals surface area contributed by atoms with Crippen molar-refractivity contribution < 1.29 is 0 Å². The number of hydrogen-bond donors (Lipinski definition) is 2. The standard InChI is InChI=1S/C12H20N2S/c1-3-4-8-11(14-13)10-7-5-6-9-12(10)15-2/h5-7,9,11,14H,3-4,8,13H2,1-2H3. The second kappa shape index (κ2) is 6.88. The number of rotatable bonds is 6. The fraction of sp³-hybridized carbons (Fsp3) is 0.500. The lowest BCUT2D eigenvalue weighted by Gasteiger charge is -2.18. The van der Waals surface area contributed by atoms with Gasteiger partial charge in [0.15, 0.2) is 0 Å². The third kappa shape index (κ3) is 3.52. The van der Waals surface area contributed by atoms with E-state index in [4.69, 9.17) is 5.84 Å². The molecule has 2 nitrogen and oxygen atoms in total. The van der Waals surface area contributed by atoms with Gasteiger partial charge in [-0.05, 0) is 24.3 Å². The van der Waals surface area contributed by atoms with Gasteiger partial charge in [0.05, 0.1) is 0 Å². The van der Waals surface area contributed by atoms with Gasteiger partial charge in [0, 0.05) is 10.9 Å². The average molecular weight is 224 g/mol. The van der Waals surface area contributed by atoms with Crippen LogP contribution in [0.5, 0.6) is 0 Å². The maximum absolute atomic E-state index is 5.61. The number of hydrazine groups is 1. The Kier molecular flexibility index (Phi) is 5.76. The largest absolute Gasteiger partial charge is 0.271 e. The van der Waals surface area contributed by atoms with Crippen molar-refractivity contribution >= 4 is 11.8 Å². The van der Waals surface area contributed by atoms with Crippen LogP contribution in [-0.4, -0.2) is 6.26 Å². The number of thioether (sulfide) groups is 1. The summed E-state index contributed by atoms with van der Waals surface area (Å²) in [6, 6.07) is 8.74. The lowest BCUT2D eigenvalue weighted by molar-refractivity contribution is 0.489. The van der Waals surface area contributed by atoms with Crippen LogP contribution in [0, 0.1) is 0 Å². The summed E-state index contributed by atoms with van der Waals surface area (Å²) in [5.74, 6) is 5.61. The van der Waals surface area contributed by atoms with Crippen LogP contribution in [0.1, 0.15) is 37.8 Å². The second-order valence-electron chi connectivity index (χ2n) is 3.60. The van der Waals surface area contributed by atoms with Crippen LogP contribution in [-0.2, 0) is 0 Å². The molecule has 1 aromatic rings. The summed E-state index contributed by atoms with van der Waals surface area (Å²) in [6.45, 7) is 2.20. The van der Waals surface area contributed by atoms with Crippen molar-refractivity contribution in [2.75, 3.05) is 6.26 Å². The highest BCUT2D eigenvalue weighted by molar-refractivity contribution is 7.98. The molecule has 84 valence electrons. The van der Waals surface area contributed by atoms with Gasteiger partial charge in [0.2, 0.25) is 0 Å². The molecule has 3 N–H and O–H groups in total. The molecule has 15 heavy (non-hydrogen) atoms. The maximum atomic E-state index is 5.61. The summed E-state index contributed by atoms with van der Waals surface area (Å²) >= 11 is 1.78. The van der Waals surface area contributed by atoms with E-state index in [0.717, 1.165) is 6.42 Å². The number of nitrogens with two attached hydrogens (primary N) is 1. The Hall–Kier alpha value is -0.510. The topological polar surface area (TPSA) is 38.0 Å². The van der Waals surface area contributed by atoms with Crippen molar-refractivity contribution in [3.8, 4) is 0 Å². The summed E-state index contributed by atoms with van der Waals surface area (Å²) in [7, 11) is 0. The molecule has 0 aliphatic carbocycles. The van der Waals surface area contributed by atoms with Gasteiger partial charge in [-0.25, -0.2) is 0 Å². The number of benzene rings is 1. The minimum atomic E-state index is 0.286. The lowest BCUT2D eigenvalue weighted by Crippen LogP contribution is -2.28. The average Bonchev–Trinajstić information content (AvgIpc) is 2.30. The summed E-state index contributed by atoms with van der Waals surface area (Å²) in [5, 5.41) is 0. The molecule has 1 unspecified atom stereocenters. The van der Waals surface area contributed by atoms with Crippen molar-refractivity contribution in [2.45, 2.75) is 37.1 Å². The van der Waals surface area contributed by atoms with Gasteiger partial charge in [-0.3, -0.25) is 11.3 Å². The Morgan fingerprint density at radius 3 is 2.73 bits per heavy atom. The molecular weight excluding hydrogens is 204 g/mol. The minimum absolute atomic E-state index is 0.286. The first-order valence-corrected chi connectivity index (χ1v) is 6.65. The molecule has 0 aromatic heterocycles. The lowest BCUT2D eigenvalue weighted by atomic mass is 10.0. The van der Waals surface area contributed by atoms with Crippen molar-refractivity contribution in [1.29, 1.82) is 0 Å². The van der Waals surface area contributed by atoms with E-state index in [1.54, 1.807) is 11.8 Å². The highest BCUT2D eigenvalue weighted by Crippen LogP contribution is 2.28. The third-order valence-electron chi connectivity index (χ3n) is 2.56. The van der Waals surface area contributed by atoms with Crippen molar-refractivity contribution in [2.24, 2.45) is 5.84 Å². The summed E-state index contributed by atoms with van der Waals surface area (Å²) in [5.41, 5.74) is 4.23. The molecule has 1 rings (SSSR count). The Bertz CT molecular complexity index is 289. The normalized spacial score (nSPS) is 12.7. The zero-order chi connectivity index (χ0) is 11.1. The Labute approximate surface area is 96.6 Å². The molecule has 0 bridgehead atoms. The first-order valence-electron chi connectivity index (χ1n) is 5.42. The van der Waals surface area contributed by atoms with Crippen LogP contribution in [0.25, 0.3) is 0 Å². The molecule has 0 fully saturated rings. The molecule has 0 aliphatic heterocycles. The molecule has 0 saturated heterocycles. The van der Waals surface area contributed by atoms with E-state index >= 15 is 0 Å². The van der Waals surface area contributed by atoms with Gasteiger partial charge in [0.1, 0.15) is 0 Å². The Balaban J connectivity index is 2.80. The highest BCUT2D eigenvalue weighted by atomic mass is 32.2. The van der Waals surface area contributed by atoms with Crippen LogP contribution in [0.3, 0.4) is 0 Å². The molecule has 0 saturated carbocycles. The Morgan fingerprint density at radius 1 is 1.40 bits per heavy atom. The molecular formula is C12H20N2S. The molecule has 0 radical (unpaired) electrons. The van der Waals surface area contributed by atoms with Crippen molar-refractivity contribution in [3.63, 3.8) is 0 Å². The Morgan fingerprint density at radius 2 is 2.13 bits per heavy atom. The number of unbranched alkanes of at least 4 members (excludes halogenated alkanes) is 1. The number of nitrogens with one attached hydrogen (secondary N) is 1. The van der Waals surface area contributed by atoms with Gasteiger partial charge in [-0.1, -0.05) is 38.0 Å². The zero-order valence-electron chi connectivity index (χ0n) is 9.49. The minimum Gasteiger partial charge on any atom is -0.271 e. The van der Waals surface area contributed by atoms with Gasteiger partial charge in [-0.15, -0.1) is 11.8 Å². The quantitative estimate of drug-likeness (QED) is 0.443. The van der Waals surface area contributed by atoms with Crippen molar-refractivity contribution in [1.82, 2.24) is 5.43 Å². The van der Waals surface area contributed by atoms with Gasteiger partial charge in [-0.2, -0.15) is 0 Å². The molecule has 0 heterocycles. The summed E-state index contributed by atoms with van der Waals surface area (Å²) in [4.78, 5) is 1.32. The van der Waals surface area contributed by atoms with E-state index in [-0.39, 0.29) is 6.04 Å². The van der Waals surface area contributed by atoms with Gasteiger partial charge in [0.25, 0.3) is 0 Å². The van der Waals surface area contributed by atoms with Gasteiger partial charge >= 0.3 is 0 Å². The van der Waals surface area contributed by atoms with Crippen LogP contribution < -0.4 is 11.3 Å². The van der Waals surface area contributed by atoms with E-state index in [1.807, 2.05) is 0 Å². The second-order valence-corrected chi connectivity index (χ2v) is 4.45. The predicted molar refractivity (Wildman–Crippen MR) is 67.8 cm³/mol. The van der Waals surface area contributed by atoms with Crippen LogP contribution in [0.15, 0.2) is 29.2 Å². The molecule has 0 spiro atoms. The summed E-state index contributed by atoms with van der Waals surface area (Å²) < 4.78 is 0. The van der Waals surface area contributed by atoms with E-state index in [2.05, 4.69) is 42.9 Å². The SMILES string of the molecule is CCCCC(NN)c1ccccc1SC. The number of hydrogen-bond acceptors (Lipinski definition) is 3. The monoisotopic (exact) mass is 224 g/mol. The van der Waals surface area contributed by atoms with Crippen molar-refractivity contribution in [3.05, 3.63) is 29.8 Å². The zero-order valence-corrected chi connectivity index (χ0v) is 10.3. The van der Waals surface area contributed by atoms with E-state index in [1.165, 1.54) is 23.3 Å². The van der Waals surface area contributed by atoms with Crippen LogP contribution in [0.2, 0.25) is 0 Å². The molecule has 0 aliphatic rings. The van der Waals surface area contributed by atoms with E-state index < -0.39 is 0 Å².